The van der Waals surface area contributed by atoms with Crippen LogP contribution in [0, 0.1) is 0 Å². The van der Waals surface area contributed by atoms with Crippen LogP contribution in [0.2, 0.25) is 0 Å². The smallest absolute Gasteiger partial charge is 0.305 e. The second-order valence-corrected chi connectivity index (χ2v) is 20.3. The van der Waals surface area contributed by atoms with Gasteiger partial charge < -0.3 is 20.3 Å². The van der Waals surface area contributed by atoms with Crippen molar-refractivity contribution in [1.29, 1.82) is 0 Å². The third kappa shape index (κ3) is 53.3. The molecule has 0 aromatic rings. The van der Waals surface area contributed by atoms with E-state index in [0.29, 0.717) is 19.4 Å². The highest BCUT2D eigenvalue weighted by molar-refractivity contribution is 5.76. The quantitative estimate of drug-likeness (QED) is 0.0321. The lowest BCUT2D eigenvalue weighted by atomic mass is 10.0. The topological polar surface area (TPSA) is 95.9 Å². The Morgan fingerprint density at radius 3 is 1.06 bits per heavy atom. The number of hydrogen-bond acceptors (Lipinski definition) is 5. The van der Waals surface area contributed by atoms with Crippen LogP contribution in [0.3, 0.4) is 0 Å². The maximum atomic E-state index is 12.4. The van der Waals surface area contributed by atoms with E-state index < -0.39 is 12.1 Å². The summed E-state index contributed by atoms with van der Waals surface area (Å²) in [7, 11) is 0. The molecule has 2 unspecified atom stereocenters. The van der Waals surface area contributed by atoms with Gasteiger partial charge in [-0.1, -0.05) is 256 Å². The average Bonchev–Trinajstić information content (AvgIpc) is 3.33. The molecule has 0 aromatic heterocycles. The van der Waals surface area contributed by atoms with Gasteiger partial charge in [0.2, 0.25) is 5.91 Å². The molecule has 0 aliphatic heterocycles. The average molecular weight is 943 g/mol. The van der Waals surface area contributed by atoms with E-state index in [-0.39, 0.29) is 18.5 Å². The van der Waals surface area contributed by atoms with Gasteiger partial charge in [-0.2, -0.15) is 0 Å². The lowest BCUT2D eigenvalue weighted by Gasteiger charge is -2.20. The molecule has 0 bridgehead atoms. The number of esters is 1. The van der Waals surface area contributed by atoms with Crippen LogP contribution in [0.5, 0.6) is 0 Å². The molecular formula is C61H115NO5. The van der Waals surface area contributed by atoms with Crippen molar-refractivity contribution >= 4 is 11.9 Å². The fraction of sp³-hybridized carbons (Fsp3) is 0.869. The molecule has 0 spiro atoms. The Hall–Kier alpha value is -1.92. The van der Waals surface area contributed by atoms with Crippen molar-refractivity contribution in [1.82, 2.24) is 5.32 Å². The SMILES string of the molecule is CCCCCCCCC/C=C\CCCCCCCC(=O)OCCCCCCCCCCCCCC/C=C\CCCCCCCCCCCC(=O)NC(CO)C(O)/C=C/CCCCCCCCC. The first-order chi connectivity index (χ1) is 33.0. The highest BCUT2D eigenvalue weighted by Crippen LogP contribution is 2.16. The Labute approximate surface area is 417 Å². The van der Waals surface area contributed by atoms with Gasteiger partial charge in [-0.15, -0.1) is 0 Å². The number of allylic oxidation sites excluding steroid dienone is 5. The van der Waals surface area contributed by atoms with Crippen molar-refractivity contribution in [3.63, 3.8) is 0 Å². The summed E-state index contributed by atoms with van der Waals surface area (Å²) in [5.41, 5.74) is 0. The van der Waals surface area contributed by atoms with Crippen LogP contribution >= 0.6 is 0 Å². The number of unbranched alkanes of at least 4 members (excludes halogenated alkanes) is 40. The van der Waals surface area contributed by atoms with E-state index in [1.165, 1.54) is 244 Å². The summed E-state index contributed by atoms with van der Waals surface area (Å²) in [5, 5.41) is 22.9. The molecule has 1 amide bonds. The van der Waals surface area contributed by atoms with E-state index in [1.54, 1.807) is 6.08 Å². The summed E-state index contributed by atoms with van der Waals surface area (Å²) in [6, 6.07) is -0.628. The highest BCUT2D eigenvalue weighted by atomic mass is 16.5. The van der Waals surface area contributed by atoms with Crippen LogP contribution in [-0.2, 0) is 14.3 Å². The Bertz CT molecular complexity index is 1090. The lowest BCUT2D eigenvalue weighted by molar-refractivity contribution is -0.143. The molecule has 6 nitrogen and oxygen atoms in total. The van der Waals surface area contributed by atoms with Gasteiger partial charge in [-0.05, 0) is 83.5 Å². The Morgan fingerprint density at radius 2 is 0.701 bits per heavy atom. The van der Waals surface area contributed by atoms with E-state index in [0.717, 1.165) is 44.9 Å². The number of carbonyl (C=O) groups excluding carboxylic acids is 2. The second-order valence-electron chi connectivity index (χ2n) is 20.3. The van der Waals surface area contributed by atoms with Gasteiger partial charge in [-0.3, -0.25) is 9.59 Å². The number of hydrogen-bond donors (Lipinski definition) is 3. The molecule has 0 aromatic carbocycles. The van der Waals surface area contributed by atoms with Crippen molar-refractivity contribution < 1.29 is 24.5 Å². The molecule has 2 atom stereocenters. The first kappa shape index (κ1) is 65.1. The third-order valence-electron chi connectivity index (χ3n) is 13.6. The number of nitrogens with one attached hydrogen (secondary N) is 1. The monoisotopic (exact) mass is 942 g/mol. The summed E-state index contributed by atoms with van der Waals surface area (Å²) in [6.07, 6.45) is 70.5. The molecule has 0 fully saturated rings. The molecule has 3 N–H and O–H groups in total. The van der Waals surface area contributed by atoms with Crippen molar-refractivity contribution in [3.8, 4) is 0 Å². The molecular weight excluding hydrogens is 827 g/mol. The molecule has 0 radical (unpaired) electrons. The number of rotatable bonds is 55. The van der Waals surface area contributed by atoms with Gasteiger partial charge in [0.25, 0.3) is 0 Å². The van der Waals surface area contributed by atoms with Gasteiger partial charge in [0.1, 0.15) is 0 Å². The second kappa shape index (κ2) is 56.7. The minimum atomic E-state index is -0.844. The van der Waals surface area contributed by atoms with Gasteiger partial charge in [0.05, 0.1) is 25.4 Å². The third-order valence-corrected chi connectivity index (χ3v) is 13.6. The fourth-order valence-corrected chi connectivity index (χ4v) is 9.03. The van der Waals surface area contributed by atoms with Crippen LogP contribution < -0.4 is 5.32 Å². The number of amides is 1. The molecule has 0 aliphatic rings. The zero-order chi connectivity index (χ0) is 48.6. The Kier molecular flexibility index (Phi) is 55.0. The predicted molar refractivity (Wildman–Crippen MR) is 292 cm³/mol. The molecule has 0 saturated carbocycles. The summed E-state index contributed by atoms with van der Waals surface area (Å²) < 4.78 is 5.48. The van der Waals surface area contributed by atoms with Crippen molar-refractivity contribution in [2.75, 3.05) is 13.2 Å². The van der Waals surface area contributed by atoms with Crippen LogP contribution in [0.15, 0.2) is 36.5 Å². The minimum absolute atomic E-state index is 0.00529. The molecule has 0 saturated heterocycles. The van der Waals surface area contributed by atoms with Crippen molar-refractivity contribution in [3.05, 3.63) is 36.5 Å². The summed E-state index contributed by atoms with van der Waals surface area (Å²) in [5.74, 6) is -0.0685. The zero-order valence-electron chi connectivity index (χ0n) is 44.9. The van der Waals surface area contributed by atoms with E-state index in [1.807, 2.05) is 6.08 Å². The molecule has 394 valence electrons. The van der Waals surface area contributed by atoms with Crippen molar-refractivity contribution in [2.45, 2.75) is 328 Å². The molecule has 67 heavy (non-hydrogen) atoms. The van der Waals surface area contributed by atoms with E-state index in [2.05, 4.69) is 43.5 Å². The molecule has 0 aliphatic carbocycles. The number of carbonyl (C=O) groups is 2. The fourth-order valence-electron chi connectivity index (χ4n) is 9.03. The maximum Gasteiger partial charge on any atom is 0.305 e. The maximum absolute atomic E-state index is 12.4. The summed E-state index contributed by atoms with van der Waals surface area (Å²) in [4.78, 5) is 24.4. The molecule has 0 heterocycles. The number of aliphatic hydroxyl groups is 2. The highest BCUT2D eigenvalue weighted by Gasteiger charge is 2.18. The van der Waals surface area contributed by atoms with Gasteiger partial charge in [0, 0.05) is 12.8 Å². The van der Waals surface area contributed by atoms with Crippen LogP contribution in [-0.4, -0.2) is 47.4 Å². The molecule has 0 rings (SSSR count). The first-order valence-electron chi connectivity index (χ1n) is 29.8. The minimum Gasteiger partial charge on any atom is -0.466 e. The zero-order valence-corrected chi connectivity index (χ0v) is 44.9. The summed E-state index contributed by atoms with van der Waals surface area (Å²) >= 11 is 0. The van der Waals surface area contributed by atoms with Gasteiger partial charge >= 0.3 is 5.97 Å². The largest absolute Gasteiger partial charge is 0.466 e. The Morgan fingerprint density at radius 1 is 0.403 bits per heavy atom. The molecule has 6 heteroatoms. The van der Waals surface area contributed by atoms with Crippen LogP contribution in [0.1, 0.15) is 316 Å². The van der Waals surface area contributed by atoms with E-state index in [9.17, 15) is 19.8 Å². The van der Waals surface area contributed by atoms with Crippen LogP contribution in [0.25, 0.3) is 0 Å². The van der Waals surface area contributed by atoms with Gasteiger partial charge in [-0.25, -0.2) is 0 Å². The first-order valence-corrected chi connectivity index (χ1v) is 29.8. The van der Waals surface area contributed by atoms with Crippen molar-refractivity contribution in [2.24, 2.45) is 0 Å². The number of aliphatic hydroxyl groups excluding tert-OH is 2. The summed E-state index contributed by atoms with van der Waals surface area (Å²) in [6.45, 7) is 4.87. The standard InChI is InChI=1S/C61H115NO5/c1-3-5-7-9-11-13-14-15-16-29-32-35-39-43-47-51-55-61(66)67-56-52-48-44-40-36-33-30-27-25-23-21-19-17-18-20-22-24-26-28-31-34-38-42-46-50-54-60(65)62-58(57-63)59(64)53-49-45-41-37-12-10-8-6-4-2/h16,18,20,29,49,53,58-59,63-64H,3-15,17,19,21-28,30-48,50-52,54-57H2,1-2H3,(H,62,65)/b20-18-,29-16-,53-49+. The number of ether oxygens (including phenoxy) is 1. The predicted octanol–water partition coefficient (Wildman–Crippen LogP) is 18.4. The van der Waals surface area contributed by atoms with E-state index in [4.69, 9.17) is 4.74 Å². The van der Waals surface area contributed by atoms with Crippen LogP contribution in [0.4, 0.5) is 0 Å². The van der Waals surface area contributed by atoms with E-state index >= 15 is 0 Å². The Balaban J connectivity index is 3.38. The normalized spacial score (nSPS) is 12.8. The van der Waals surface area contributed by atoms with Gasteiger partial charge in [0.15, 0.2) is 0 Å². The lowest BCUT2D eigenvalue weighted by Crippen LogP contribution is -2.45.